The number of hydrogen-bond acceptors (Lipinski definition) is 3. The number of rotatable bonds is 6. The Morgan fingerprint density at radius 1 is 1.41 bits per heavy atom. The lowest BCUT2D eigenvalue weighted by Crippen LogP contribution is -2.56. The molecule has 0 aliphatic carbocycles. The van der Waals surface area contributed by atoms with Crippen molar-refractivity contribution in [1.29, 1.82) is 0 Å². The summed E-state index contributed by atoms with van der Waals surface area (Å²) in [4.78, 5) is 2.54. The van der Waals surface area contributed by atoms with Gasteiger partial charge in [-0.25, -0.2) is 0 Å². The summed E-state index contributed by atoms with van der Waals surface area (Å²) in [6.07, 6.45) is 1.25. The average Bonchev–Trinajstić information content (AvgIpc) is 2.27. The van der Waals surface area contributed by atoms with E-state index in [1.165, 1.54) is 6.42 Å². The number of hydrogen-bond donors (Lipinski definition) is 1. The van der Waals surface area contributed by atoms with Gasteiger partial charge >= 0.3 is 0 Å². The van der Waals surface area contributed by atoms with E-state index < -0.39 is 0 Å². The van der Waals surface area contributed by atoms with Crippen molar-refractivity contribution in [2.24, 2.45) is 5.92 Å². The van der Waals surface area contributed by atoms with Gasteiger partial charge in [-0.15, -0.1) is 0 Å². The molecule has 102 valence electrons. The fourth-order valence-corrected chi connectivity index (χ4v) is 2.63. The van der Waals surface area contributed by atoms with Crippen molar-refractivity contribution in [2.45, 2.75) is 52.7 Å². The van der Waals surface area contributed by atoms with Crippen LogP contribution in [0.4, 0.5) is 0 Å². The van der Waals surface area contributed by atoms with Crippen molar-refractivity contribution >= 4 is 0 Å². The topological polar surface area (TPSA) is 24.5 Å². The normalized spacial score (nSPS) is 24.9. The second kappa shape index (κ2) is 6.72. The molecule has 0 saturated carbocycles. The molecule has 1 rings (SSSR count). The molecule has 0 amide bonds. The van der Waals surface area contributed by atoms with Gasteiger partial charge in [0.1, 0.15) is 0 Å². The molecule has 17 heavy (non-hydrogen) atoms. The molecule has 0 radical (unpaired) electrons. The minimum Gasteiger partial charge on any atom is -0.375 e. The second-order valence-corrected chi connectivity index (χ2v) is 5.87. The van der Waals surface area contributed by atoms with Gasteiger partial charge in [-0.3, -0.25) is 4.90 Å². The van der Waals surface area contributed by atoms with Crippen LogP contribution in [0.5, 0.6) is 0 Å². The van der Waals surface area contributed by atoms with E-state index in [0.29, 0.717) is 6.04 Å². The summed E-state index contributed by atoms with van der Waals surface area (Å²) >= 11 is 0. The van der Waals surface area contributed by atoms with Gasteiger partial charge in [0.15, 0.2) is 0 Å². The Balaban J connectivity index is 2.44. The van der Waals surface area contributed by atoms with Gasteiger partial charge in [-0.05, 0) is 26.7 Å². The average molecular weight is 242 g/mol. The zero-order valence-electron chi connectivity index (χ0n) is 12.3. The third-order valence-corrected chi connectivity index (χ3v) is 3.76. The van der Waals surface area contributed by atoms with Crippen molar-refractivity contribution in [3.05, 3.63) is 0 Å². The Hall–Kier alpha value is -0.120. The van der Waals surface area contributed by atoms with Crippen LogP contribution in [0.15, 0.2) is 0 Å². The van der Waals surface area contributed by atoms with E-state index in [9.17, 15) is 0 Å². The highest BCUT2D eigenvalue weighted by molar-refractivity contribution is 4.85. The molecule has 3 heteroatoms. The van der Waals surface area contributed by atoms with Crippen molar-refractivity contribution < 1.29 is 4.74 Å². The zero-order chi connectivity index (χ0) is 12.9. The predicted molar refractivity (Wildman–Crippen MR) is 73.4 cm³/mol. The van der Waals surface area contributed by atoms with Crippen molar-refractivity contribution in [2.75, 3.05) is 32.8 Å². The molecule has 0 aromatic carbocycles. The van der Waals surface area contributed by atoms with Gasteiger partial charge in [0.05, 0.1) is 5.60 Å². The molecule has 2 unspecified atom stereocenters. The molecule has 0 aromatic rings. The number of ether oxygens (including phenoxy) is 1. The largest absolute Gasteiger partial charge is 0.375 e. The molecule has 1 N–H and O–H groups in total. The van der Waals surface area contributed by atoms with E-state index in [1.807, 2.05) is 0 Å². The summed E-state index contributed by atoms with van der Waals surface area (Å²) in [7, 11) is 0. The van der Waals surface area contributed by atoms with E-state index in [1.54, 1.807) is 0 Å². The highest BCUT2D eigenvalue weighted by Crippen LogP contribution is 2.16. The maximum absolute atomic E-state index is 5.79. The molecular weight excluding hydrogens is 212 g/mol. The van der Waals surface area contributed by atoms with E-state index in [-0.39, 0.29) is 5.60 Å². The monoisotopic (exact) mass is 242 g/mol. The Kier molecular flexibility index (Phi) is 5.90. The van der Waals surface area contributed by atoms with E-state index in [2.05, 4.69) is 44.8 Å². The maximum atomic E-state index is 5.79. The highest BCUT2D eigenvalue weighted by atomic mass is 16.5. The van der Waals surface area contributed by atoms with E-state index in [4.69, 9.17) is 4.74 Å². The van der Waals surface area contributed by atoms with Crippen molar-refractivity contribution in [3.8, 4) is 0 Å². The predicted octanol–water partition coefficient (Wildman–Crippen LogP) is 2.12. The Morgan fingerprint density at radius 2 is 2.12 bits per heavy atom. The molecule has 1 saturated heterocycles. The molecule has 0 aromatic heterocycles. The molecule has 2 atom stereocenters. The summed E-state index contributed by atoms with van der Waals surface area (Å²) in [6.45, 7) is 16.3. The molecule has 1 aliphatic rings. The first kappa shape index (κ1) is 14.9. The van der Waals surface area contributed by atoms with Crippen LogP contribution in [-0.4, -0.2) is 49.3 Å². The smallest absolute Gasteiger partial charge is 0.0752 e. The lowest BCUT2D eigenvalue weighted by Gasteiger charge is -2.40. The quantitative estimate of drug-likeness (QED) is 0.772. The van der Waals surface area contributed by atoms with Gasteiger partial charge in [0.2, 0.25) is 0 Å². The maximum Gasteiger partial charge on any atom is 0.0752 e. The number of nitrogens with one attached hydrogen (secondary N) is 1. The van der Waals surface area contributed by atoms with Crippen LogP contribution in [0.1, 0.15) is 41.0 Å². The van der Waals surface area contributed by atoms with Gasteiger partial charge in [0.25, 0.3) is 0 Å². The molecule has 3 nitrogen and oxygen atoms in total. The summed E-state index contributed by atoms with van der Waals surface area (Å²) < 4.78 is 5.79. The first-order valence-corrected chi connectivity index (χ1v) is 7.08. The summed E-state index contributed by atoms with van der Waals surface area (Å²) in [5.41, 5.74) is -0.0217. The molecule has 1 heterocycles. The third-order valence-electron chi connectivity index (χ3n) is 3.76. The van der Waals surface area contributed by atoms with E-state index in [0.717, 1.165) is 38.7 Å². The molecule has 1 aliphatic heterocycles. The molecule has 1 fully saturated rings. The van der Waals surface area contributed by atoms with E-state index >= 15 is 0 Å². The SMILES string of the molecule is CCOC(C)(C)CN1CCNC(C(C)CC)C1. The first-order valence-electron chi connectivity index (χ1n) is 7.08. The second-order valence-electron chi connectivity index (χ2n) is 5.87. The summed E-state index contributed by atoms with van der Waals surface area (Å²) in [5.74, 6) is 0.757. The Bertz CT molecular complexity index is 218. The summed E-state index contributed by atoms with van der Waals surface area (Å²) in [5, 5.41) is 3.64. The fraction of sp³-hybridized carbons (Fsp3) is 1.00. The zero-order valence-corrected chi connectivity index (χ0v) is 12.3. The van der Waals surface area contributed by atoms with Gasteiger partial charge in [-0.2, -0.15) is 0 Å². The molecule has 0 spiro atoms. The Labute approximate surface area is 107 Å². The summed E-state index contributed by atoms with van der Waals surface area (Å²) in [6, 6.07) is 0.645. The minimum absolute atomic E-state index is 0.0217. The lowest BCUT2D eigenvalue weighted by molar-refractivity contribution is -0.0397. The van der Waals surface area contributed by atoms with Crippen molar-refractivity contribution in [1.82, 2.24) is 10.2 Å². The lowest BCUT2D eigenvalue weighted by atomic mass is 9.96. The van der Waals surface area contributed by atoms with Crippen LogP contribution in [-0.2, 0) is 4.74 Å². The van der Waals surface area contributed by atoms with Crippen LogP contribution in [0.3, 0.4) is 0 Å². The minimum atomic E-state index is -0.0217. The van der Waals surface area contributed by atoms with Crippen LogP contribution in [0.25, 0.3) is 0 Å². The van der Waals surface area contributed by atoms with Crippen LogP contribution >= 0.6 is 0 Å². The van der Waals surface area contributed by atoms with Crippen molar-refractivity contribution in [3.63, 3.8) is 0 Å². The van der Waals surface area contributed by atoms with Gasteiger partial charge in [0, 0.05) is 38.8 Å². The molecule has 0 bridgehead atoms. The Morgan fingerprint density at radius 3 is 2.71 bits per heavy atom. The van der Waals surface area contributed by atoms with Gasteiger partial charge < -0.3 is 10.1 Å². The number of piperazine rings is 1. The number of nitrogens with zero attached hydrogens (tertiary/aromatic N) is 1. The third kappa shape index (κ3) is 4.94. The van der Waals surface area contributed by atoms with Gasteiger partial charge in [-0.1, -0.05) is 20.3 Å². The molecular formula is C14H30N2O. The van der Waals surface area contributed by atoms with Crippen LogP contribution in [0.2, 0.25) is 0 Å². The van der Waals surface area contributed by atoms with Crippen LogP contribution in [0, 0.1) is 5.92 Å². The first-order chi connectivity index (χ1) is 7.98. The standard InChI is InChI=1S/C14H30N2O/c1-6-12(3)13-10-16(9-8-15-13)11-14(4,5)17-7-2/h12-13,15H,6-11H2,1-5H3. The highest BCUT2D eigenvalue weighted by Gasteiger charge is 2.27. The fourth-order valence-electron chi connectivity index (χ4n) is 2.63. The van der Waals surface area contributed by atoms with Crippen LogP contribution < -0.4 is 5.32 Å².